The first-order chi connectivity index (χ1) is 12.7. The van der Waals surface area contributed by atoms with Gasteiger partial charge in [0.2, 0.25) is 0 Å². The molecule has 1 atom stereocenters. The summed E-state index contributed by atoms with van der Waals surface area (Å²) in [5, 5.41) is 22.1. The highest BCUT2D eigenvalue weighted by Crippen LogP contribution is 2.23. The number of unbranched alkanes of at least 4 members (excludes halogenated alkanes) is 10. The first-order valence-corrected chi connectivity index (χ1v) is 10.1. The molecule has 0 radical (unpaired) electrons. The highest BCUT2D eigenvalue weighted by molar-refractivity contribution is 5.80. The number of rotatable bonds is 17. The van der Waals surface area contributed by atoms with Gasteiger partial charge in [0.1, 0.15) is 0 Å². The quantitative estimate of drug-likeness (QED) is 0.245. The van der Waals surface area contributed by atoms with Crippen LogP contribution < -0.4 is 0 Å². The minimum absolute atomic E-state index is 0.0799. The number of aliphatic hydroxyl groups excluding tert-OH is 1. The van der Waals surface area contributed by atoms with Crippen LogP contribution in [-0.4, -0.2) is 33.8 Å². The van der Waals surface area contributed by atoms with E-state index >= 15 is 0 Å². The smallest absolute Gasteiger partial charge is 0.327 e. The molecule has 0 amide bonds. The first-order valence-electron chi connectivity index (χ1n) is 10.1. The summed E-state index contributed by atoms with van der Waals surface area (Å²) in [5.74, 6) is -0.128. The SMILES string of the molecule is O=C(O)C=CC(CCCCCCCCCCCCCO)[N-]c1ccc[nH]1. The van der Waals surface area contributed by atoms with Crippen molar-refractivity contribution >= 4 is 11.8 Å². The van der Waals surface area contributed by atoms with Crippen LogP contribution in [0.2, 0.25) is 0 Å². The van der Waals surface area contributed by atoms with Gasteiger partial charge in [-0.05, 0) is 18.9 Å². The lowest BCUT2D eigenvalue weighted by Gasteiger charge is -2.21. The summed E-state index contributed by atoms with van der Waals surface area (Å²) >= 11 is 0. The zero-order valence-electron chi connectivity index (χ0n) is 15.9. The van der Waals surface area contributed by atoms with E-state index in [1.807, 2.05) is 18.3 Å². The van der Waals surface area contributed by atoms with Crippen LogP contribution in [0.5, 0.6) is 0 Å². The Morgan fingerprint density at radius 1 is 1.00 bits per heavy atom. The molecule has 148 valence electrons. The fourth-order valence-corrected chi connectivity index (χ4v) is 3.03. The molecule has 1 unspecified atom stereocenters. The van der Waals surface area contributed by atoms with Gasteiger partial charge in [0.25, 0.3) is 0 Å². The molecule has 5 heteroatoms. The topological polar surface area (TPSA) is 87.4 Å². The van der Waals surface area contributed by atoms with Gasteiger partial charge in [-0.25, -0.2) is 4.79 Å². The van der Waals surface area contributed by atoms with Gasteiger partial charge in [-0.2, -0.15) is 0 Å². The molecular formula is C21H35N2O3-. The summed E-state index contributed by atoms with van der Waals surface area (Å²) in [6.07, 6.45) is 18.9. The lowest BCUT2D eigenvalue weighted by molar-refractivity contribution is -0.131. The van der Waals surface area contributed by atoms with Crippen molar-refractivity contribution in [1.29, 1.82) is 0 Å². The highest BCUT2D eigenvalue weighted by Gasteiger charge is 2.01. The molecule has 5 nitrogen and oxygen atoms in total. The van der Waals surface area contributed by atoms with Crippen molar-refractivity contribution in [1.82, 2.24) is 4.98 Å². The molecule has 0 aliphatic rings. The summed E-state index contributed by atoms with van der Waals surface area (Å²) < 4.78 is 0. The van der Waals surface area contributed by atoms with Crippen LogP contribution in [0, 0.1) is 0 Å². The second-order valence-corrected chi connectivity index (χ2v) is 6.85. The third-order valence-corrected chi connectivity index (χ3v) is 4.51. The van der Waals surface area contributed by atoms with Crippen LogP contribution in [0.1, 0.15) is 77.0 Å². The van der Waals surface area contributed by atoms with Crippen molar-refractivity contribution in [2.45, 2.75) is 83.1 Å². The van der Waals surface area contributed by atoms with Crippen molar-refractivity contribution in [2.24, 2.45) is 0 Å². The molecule has 0 saturated heterocycles. The molecule has 0 aliphatic heterocycles. The van der Waals surface area contributed by atoms with Gasteiger partial charge in [-0.1, -0.05) is 94.4 Å². The maximum Gasteiger partial charge on any atom is 0.327 e. The second kappa shape index (κ2) is 15.5. The molecule has 0 aromatic carbocycles. The minimum Gasteiger partial charge on any atom is -0.478 e. The first kappa shape index (κ1) is 22.3. The van der Waals surface area contributed by atoms with E-state index in [1.165, 1.54) is 57.4 Å². The van der Waals surface area contributed by atoms with Gasteiger partial charge >= 0.3 is 5.97 Å². The number of nitrogens with zero attached hydrogens (tertiary/aromatic N) is 1. The molecule has 0 bridgehead atoms. The summed E-state index contributed by atoms with van der Waals surface area (Å²) in [4.78, 5) is 13.8. The summed E-state index contributed by atoms with van der Waals surface area (Å²) in [6, 6.07) is 3.71. The van der Waals surface area contributed by atoms with E-state index in [1.54, 1.807) is 6.08 Å². The number of carbonyl (C=O) groups is 1. The zero-order valence-corrected chi connectivity index (χ0v) is 15.9. The Morgan fingerprint density at radius 3 is 2.08 bits per heavy atom. The molecule has 0 saturated carbocycles. The van der Waals surface area contributed by atoms with Crippen molar-refractivity contribution < 1.29 is 15.0 Å². The fraction of sp³-hybridized carbons (Fsp3) is 0.667. The Hall–Kier alpha value is -1.75. The maximum absolute atomic E-state index is 10.7. The van der Waals surface area contributed by atoms with Gasteiger partial charge in [-0.3, -0.25) is 0 Å². The second-order valence-electron chi connectivity index (χ2n) is 6.85. The molecule has 0 fully saturated rings. The average Bonchev–Trinajstić information content (AvgIpc) is 3.13. The minimum atomic E-state index is -0.923. The molecule has 1 rings (SSSR count). The van der Waals surface area contributed by atoms with Crippen LogP contribution in [0.15, 0.2) is 30.5 Å². The van der Waals surface area contributed by atoms with Crippen LogP contribution in [0.25, 0.3) is 5.32 Å². The lowest BCUT2D eigenvalue weighted by atomic mass is 10.0. The van der Waals surface area contributed by atoms with Crippen LogP contribution in [-0.2, 0) is 4.79 Å². The third-order valence-electron chi connectivity index (χ3n) is 4.51. The van der Waals surface area contributed by atoms with Crippen molar-refractivity contribution in [3.63, 3.8) is 0 Å². The number of aromatic nitrogens is 1. The number of hydrogen-bond acceptors (Lipinski definition) is 2. The number of aromatic amines is 1. The lowest BCUT2D eigenvalue weighted by Crippen LogP contribution is -2.03. The van der Waals surface area contributed by atoms with E-state index in [0.717, 1.165) is 31.5 Å². The van der Waals surface area contributed by atoms with E-state index in [0.29, 0.717) is 6.61 Å². The standard InChI is InChI=1S/C21H35N2O3/c24-18-11-9-7-5-3-1-2-4-6-8-10-13-19(15-16-21(25)26)23-20-14-12-17-22-20/h12,14-17,19,22,24H,1-11,13,18H2,(H,25,26)/q-1. The molecular weight excluding hydrogens is 328 g/mol. The summed E-state index contributed by atoms with van der Waals surface area (Å²) in [7, 11) is 0. The average molecular weight is 364 g/mol. The molecule has 1 aromatic rings. The van der Waals surface area contributed by atoms with E-state index in [9.17, 15) is 4.79 Å². The molecule has 0 aliphatic carbocycles. The fourth-order valence-electron chi connectivity index (χ4n) is 3.03. The van der Waals surface area contributed by atoms with E-state index in [-0.39, 0.29) is 6.04 Å². The van der Waals surface area contributed by atoms with Gasteiger partial charge in [0.05, 0.1) is 0 Å². The molecule has 1 heterocycles. The number of carboxylic acid groups (broad SMARTS) is 1. The normalized spacial score (nSPS) is 12.5. The van der Waals surface area contributed by atoms with Gasteiger partial charge in [-0.15, -0.1) is 0 Å². The number of H-pyrrole nitrogens is 1. The largest absolute Gasteiger partial charge is 0.478 e. The van der Waals surface area contributed by atoms with Gasteiger partial charge < -0.3 is 20.5 Å². The van der Waals surface area contributed by atoms with Gasteiger partial charge in [0, 0.05) is 12.7 Å². The van der Waals surface area contributed by atoms with E-state index in [4.69, 9.17) is 10.2 Å². The number of aliphatic carboxylic acids is 1. The Morgan fingerprint density at radius 2 is 1.58 bits per heavy atom. The maximum atomic E-state index is 10.7. The number of aliphatic hydroxyl groups is 1. The molecule has 26 heavy (non-hydrogen) atoms. The summed E-state index contributed by atoms with van der Waals surface area (Å²) in [6.45, 7) is 0.325. The van der Waals surface area contributed by atoms with Crippen LogP contribution in [0.4, 0.5) is 5.82 Å². The number of hydrogen-bond donors (Lipinski definition) is 3. The predicted octanol–water partition coefficient (Wildman–Crippen LogP) is 5.70. The highest BCUT2D eigenvalue weighted by atomic mass is 16.4. The van der Waals surface area contributed by atoms with Crippen molar-refractivity contribution in [3.8, 4) is 0 Å². The van der Waals surface area contributed by atoms with E-state index in [2.05, 4.69) is 10.3 Å². The van der Waals surface area contributed by atoms with Crippen molar-refractivity contribution in [3.05, 3.63) is 35.8 Å². The van der Waals surface area contributed by atoms with Crippen molar-refractivity contribution in [2.75, 3.05) is 6.61 Å². The molecule has 1 aromatic heterocycles. The van der Waals surface area contributed by atoms with Crippen LogP contribution >= 0.6 is 0 Å². The predicted molar refractivity (Wildman–Crippen MR) is 107 cm³/mol. The van der Waals surface area contributed by atoms with Crippen LogP contribution in [0.3, 0.4) is 0 Å². The number of nitrogens with one attached hydrogen (secondary N) is 1. The van der Waals surface area contributed by atoms with Gasteiger partial charge in [0.15, 0.2) is 0 Å². The Labute approximate surface area is 157 Å². The third kappa shape index (κ3) is 12.6. The monoisotopic (exact) mass is 363 g/mol. The summed E-state index contributed by atoms with van der Waals surface area (Å²) in [5.41, 5.74) is 0. The molecule has 3 N–H and O–H groups in total. The Kier molecular flexibility index (Phi) is 13.3. The zero-order chi connectivity index (χ0) is 18.9. The Balaban J connectivity index is 2.04. The number of carboxylic acids is 1. The molecule has 0 spiro atoms. The Bertz CT molecular complexity index is 472. The van der Waals surface area contributed by atoms with E-state index < -0.39 is 5.97 Å².